The van der Waals surface area contributed by atoms with Crippen molar-refractivity contribution in [2.24, 2.45) is 11.8 Å². The number of allylic oxidation sites excluding steroid dienone is 2. The molecule has 0 bridgehead atoms. The normalized spacial score (nSPS) is 22.7. The second-order valence-corrected chi connectivity index (χ2v) is 33.3. The molecule has 0 nitrogen and oxygen atoms in total. The third kappa shape index (κ3) is 5.46. The molecule has 53 heavy (non-hydrogen) atoms. The molecule has 10 rings (SSSR count). The Bertz CT molecular complexity index is 2250. The molecule has 3 heteroatoms. The molecule has 1 heterocycles. The molecule has 1 saturated carbocycles. The third-order valence-corrected chi connectivity index (χ3v) is 38.3. The number of rotatable bonds is 6. The number of fused-ring (bicyclic) bond motifs is 5. The first-order valence-electron chi connectivity index (χ1n) is 19.6. The quantitative estimate of drug-likeness (QED) is 0.147. The summed E-state index contributed by atoms with van der Waals surface area (Å²) in [7, 11) is 0. The smallest absolute Gasteiger partial charge is 1.00 e. The van der Waals surface area contributed by atoms with Crippen molar-refractivity contribution in [3.8, 4) is 22.3 Å². The predicted octanol–water partition coefficient (Wildman–Crippen LogP) is 8.54. The van der Waals surface area contributed by atoms with Crippen molar-refractivity contribution in [3.63, 3.8) is 0 Å². The summed E-state index contributed by atoms with van der Waals surface area (Å²) in [4.78, 5) is 0. The van der Waals surface area contributed by atoms with Crippen LogP contribution in [-0.2, 0) is 20.0 Å². The maximum Gasteiger partial charge on any atom is -1.00 e. The van der Waals surface area contributed by atoms with Crippen LogP contribution in [0.4, 0.5) is 0 Å². The van der Waals surface area contributed by atoms with Crippen molar-refractivity contribution in [2.45, 2.75) is 68.1 Å². The van der Waals surface area contributed by atoms with Crippen LogP contribution in [0.5, 0.6) is 0 Å². The fourth-order valence-corrected chi connectivity index (χ4v) is 47.9. The summed E-state index contributed by atoms with van der Waals surface area (Å²) < 4.78 is 3.25. The maximum absolute atomic E-state index is 3.36. The fourth-order valence-electron chi connectivity index (χ4n) is 11.6. The summed E-state index contributed by atoms with van der Waals surface area (Å²) in [5.74, 6) is 1.08. The van der Waals surface area contributed by atoms with Crippen LogP contribution in [0.2, 0.25) is 7.35 Å². The van der Waals surface area contributed by atoms with Gasteiger partial charge in [-0.3, -0.25) is 0 Å². The molecule has 0 radical (unpaired) electrons. The van der Waals surface area contributed by atoms with E-state index in [1.165, 1.54) is 80.6 Å². The Kier molecular flexibility index (Phi) is 9.79. The standard InChI is InChI=1S/2C22H19.C6H10.2ClH.Hf/c2*1-15(2)18-13-17-9-6-12-21(22(17)14-18)20-11-5-8-16-7-3-4-10-19(16)20;1-2-4-6-5-3-1;;;/h2*3-15H,1-2H3;1-2H,3-6H2;2*1H;/q;;;;;+2/p-2. The van der Waals surface area contributed by atoms with E-state index in [4.69, 9.17) is 0 Å². The number of hydrogen-bond donors (Lipinski definition) is 0. The molecule has 4 atom stereocenters. The van der Waals surface area contributed by atoms with Gasteiger partial charge in [-0.2, -0.15) is 0 Å². The molecule has 6 aromatic carbocycles. The largest absolute Gasteiger partial charge is 1.00 e. The molecule has 6 aromatic rings. The van der Waals surface area contributed by atoms with Gasteiger partial charge in [-0.05, 0) is 0 Å². The van der Waals surface area contributed by atoms with E-state index < -0.39 is 20.0 Å². The summed E-state index contributed by atoms with van der Waals surface area (Å²) in [6, 6.07) is 46.5. The molecule has 0 spiro atoms. The number of hydrogen-bond acceptors (Lipinski definition) is 0. The van der Waals surface area contributed by atoms with Crippen molar-refractivity contribution in [2.75, 3.05) is 0 Å². The second kappa shape index (κ2) is 14.1. The van der Waals surface area contributed by atoms with Gasteiger partial charge in [-0.15, -0.1) is 0 Å². The Hall–Kier alpha value is -3.23. The average molecular weight is 898 g/mol. The summed E-state index contributed by atoms with van der Waals surface area (Å²) in [5, 5.41) is 5.39. The van der Waals surface area contributed by atoms with E-state index in [0.717, 1.165) is 7.35 Å². The summed E-state index contributed by atoms with van der Waals surface area (Å²) in [5.41, 5.74) is 15.6. The molecule has 4 unspecified atom stereocenters. The van der Waals surface area contributed by atoms with Crippen molar-refractivity contribution in [3.05, 3.63) is 155 Å². The molecule has 1 aliphatic heterocycles. The zero-order valence-electron chi connectivity index (χ0n) is 31.3. The summed E-state index contributed by atoms with van der Waals surface area (Å²) in [6.07, 6.45) is 11.2. The van der Waals surface area contributed by atoms with Crippen LogP contribution >= 0.6 is 0 Å². The topological polar surface area (TPSA) is 0 Å². The van der Waals surface area contributed by atoms with Gasteiger partial charge in [-0.25, -0.2) is 0 Å². The van der Waals surface area contributed by atoms with Gasteiger partial charge >= 0.3 is 311 Å². The van der Waals surface area contributed by atoms with Crippen molar-refractivity contribution >= 4 is 33.7 Å². The second-order valence-electron chi connectivity index (χ2n) is 16.6. The van der Waals surface area contributed by atoms with E-state index in [2.05, 4.69) is 161 Å². The maximum atomic E-state index is 2.72. The van der Waals surface area contributed by atoms with Gasteiger partial charge in [0.05, 0.1) is 0 Å². The first-order chi connectivity index (χ1) is 25.0. The molecular formula is C50H48Cl2Hf. The van der Waals surface area contributed by atoms with Gasteiger partial charge in [0.25, 0.3) is 0 Å². The molecule has 1 saturated heterocycles. The Balaban J connectivity index is 0.00000200. The van der Waals surface area contributed by atoms with Gasteiger partial charge in [0, 0.05) is 0 Å². The first kappa shape index (κ1) is 36.7. The van der Waals surface area contributed by atoms with Crippen molar-refractivity contribution in [1.82, 2.24) is 0 Å². The summed E-state index contributed by atoms with van der Waals surface area (Å²) in [6.45, 7) is 9.99. The molecular weight excluding hydrogens is 850 g/mol. The van der Waals surface area contributed by atoms with Crippen LogP contribution in [0, 0.1) is 11.8 Å². The zero-order valence-corrected chi connectivity index (χ0v) is 36.4. The van der Waals surface area contributed by atoms with E-state index in [1.807, 2.05) is 0 Å². The SMILES string of the molecule is CC(C)C1=Cc2c(-c3cccc4ccccc34)cccc2[CH]1[Hf+2]1([CH]2C(C(C)C)=Cc3c(-c4cccc5ccccc45)cccc32)[CH]2CCCC[CH]21.[Cl-].[Cl-]. The van der Waals surface area contributed by atoms with Crippen LogP contribution in [-0.4, -0.2) is 0 Å². The fraction of sp³-hybridized carbons (Fsp3) is 0.280. The van der Waals surface area contributed by atoms with E-state index in [-0.39, 0.29) is 24.8 Å². The Morgan fingerprint density at radius 1 is 0.453 bits per heavy atom. The Morgan fingerprint density at radius 3 is 1.26 bits per heavy atom. The molecule has 3 aliphatic carbocycles. The van der Waals surface area contributed by atoms with Crippen LogP contribution < -0.4 is 24.8 Å². The van der Waals surface area contributed by atoms with Crippen molar-refractivity contribution in [1.29, 1.82) is 0 Å². The molecule has 0 aromatic heterocycles. The van der Waals surface area contributed by atoms with E-state index in [1.54, 1.807) is 22.3 Å². The van der Waals surface area contributed by atoms with Gasteiger partial charge in [0.15, 0.2) is 0 Å². The van der Waals surface area contributed by atoms with Gasteiger partial charge < -0.3 is 24.8 Å². The number of halogens is 2. The molecule has 4 aliphatic rings. The van der Waals surface area contributed by atoms with Crippen LogP contribution in [0.3, 0.4) is 0 Å². The molecule has 266 valence electrons. The predicted molar refractivity (Wildman–Crippen MR) is 216 cm³/mol. The Morgan fingerprint density at radius 2 is 0.830 bits per heavy atom. The summed E-state index contributed by atoms with van der Waals surface area (Å²) >= 11 is -3.36. The van der Waals surface area contributed by atoms with Crippen LogP contribution in [0.25, 0.3) is 56.0 Å². The molecule has 0 amide bonds. The van der Waals surface area contributed by atoms with Gasteiger partial charge in [0.1, 0.15) is 0 Å². The average Bonchev–Trinajstić information content (AvgIpc) is 3.42. The zero-order chi connectivity index (χ0) is 34.4. The van der Waals surface area contributed by atoms with Crippen LogP contribution in [0.1, 0.15) is 83.0 Å². The number of benzene rings is 6. The first-order valence-corrected chi connectivity index (χ1v) is 27.9. The molecule has 2 fully saturated rings. The van der Waals surface area contributed by atoms with Gasteiger partial charge in [0.2, 0.25) is 0 Å². The van der Waals surface area contributed by atoms with E-state index in [9.17, 15) is 0 Å². The van der Waals surface area contributed by atoms with E-state index >= 15 is 0 Å². The minimum absolute atomic E-state index is 0. The monoisotopic (exact) mass is 898 g/mol. The molecule has 0 N–H and O–H groups in total. The minimum Gasteiger partial charge on any atom is -1.00 e. The van der Waals surface area contributed by atoms with E-state index in [0.29, 0.717) is 19.2 Å². The van der Waals surface area contributed by atoms with Crippen LogP contribution in [0.15, 0.2) is 132 Å². The minimum atomic E-state index is -3.36. The Labute approximate surface area is 333 Å². The third-order valence-electron chi connectivity index (χ3n) is 13.6. The van der Waals surface area contributed by atoms with Crippen molar-refractivity contribution < 1.29 is 44.8 Å². The van der Waals surface area contributed by atoms with Gasteiger partial charge in [-0.1, -0.05) is 0 Å².